The topological polar surface area (TPSA) is 180 Å². The minimum absolute atomic E-state index is 0.156. The molecule has 0 aliphatic carbocycles. The van der Waals surface area contributed by atoms with Gasteiger partial charge in [-0.2, -0.15) is 0 Å². The maximum atomic E-state index is 12.7. The summed E-state index contributed by atoms with van der Waals surface area (Å²) in [5.41, 5.74) is 5.02. The average Bonchev–Trinajstić information content (AvgIpc) is 3.22. The fraction of sp³-hybridized carbons (Fsp3) is 0.737. The molecule has 7 N–H and O–H groups in total. The molecular formula is C19H33N5O6. The first-order valence-electron chi connectivity index (χ1n) is 10.2. The molecule has 1 heterocycles. The molecule has 11 nitrogen and oxygen atoms in total. The molecule has 1 aliphatic heterocycles. The van der Waals surface area contributed by atoms with Gasteiger partial charge in [0.05, 0.1) is 6.04 Å². The van der Waals surface area contributed by atoms with Gasteiger partial charge in [-0.3, -0.25) is 19.2 Å². The summed E-state index contributed by atoms with van der Waals surface area (Å²) in [5.74, 6) is -3.66. The summed E-state index contributed by atoms with van der Waals surface area (Å²) in [6, 6.07) is -3.51. The number of hydrogen-bond acceptors (Lipinski definition) is 6. The highest BCUT2D eigenvalue weighted by atomic mass is 16.4. The molecular weight excluding hydrogens is 394 g/mol. The second-order valence-corrected chi connectivity index (χ2v) is 7.66. The van der Waals surface area contributed by atoms with E-state index >= 15 is 0 Å². The Kier molecular flexibility index (Phi) is 10.2. The zero-order valence-corrected chi connectivity index (χ0v) is 17.7. The third-order valence-electron chi connectivity index (χ3n) is 5.22. The Hall–Kier alpha value is -2.69. The van der Waals surface area contributed by atoms with Gasteiger partial charge in [-0.05, 0) is 38.6 Å². The van der Waals surface area contributed by atoms with Crippen LogP contribution in [0.15, 0.2) is 0 Å². The van der Waals surface area contributed by atoms with E-state index in [9.17, 15) is 29.1 Å². The molecule has 0 saturated carbocycles. The van der Waals surface area contributed by atoms with Crippen LogP contribution >= 0.6 is 0 Å². The highest BCUT2D eigenvalue weighted by molar-refractivity contribution is 5.94. The molecule has 0 bridgehead atoms. The first-order valence-corrected chi connectivity index (χ1v) is 10.2. The van der Waals surface area contributed by atoms with E-state index in [2.05, 4.69) is 21.3 Å². The Labute approximate surface area is 175 Å². The second-order valence-electron chi connectivity index (χ2n) is 7.66. The van der Waals surface area contributed by atoms with Crippen LogP contribution in [0.1, 0.15) is 52.9 Å². The van der Waals surface area contributed by atoms with Crippen molar-refractivity contribution in [2.45, 2.75) is 77.0 Å². The molecule has 4 amide bonds. The van der Waals surface area contributed by atoms with Gasteiger partial charge in [-0.25, -0.2) is 4.79 Å². The van der Waals surface area contributed by atoms with Crippen LogP contribution in [0.3, 0.4) is 0 Å². The van der Waals surface area contributed by atoms with Crippen molar-refractivity contribution in [3.05, 3.63) is 0 Å². The van der Waals surface area contributed by atoms with Crippen molar-refractivity contribution in [3.63, 3.8) is 0 Å². The lowest BCUT2D eigenvalue weighted by atomic mass is 9.97. The zero-order valence-electron chi connectivity index (χ0n) is 17.7. The monoisotopic (exact) mass is 427 g/mol. The Morgan fingerprint density at radius 2 is 1.77 bits per heavy atom. The number of aliphatic carboxylic acids is 1. The molecule has 0 spiro atoms. The summed E-state index contributed by atoms with van der Waals surface area (Å²) in [7, 11) is 0. The molecule has 0 aromatic carbocycles. The Morgan fingerprint density at radius 3 is 2.27 bits per heavy atom. The number of carbonyl (C=O) groups is 5. The van der Waals surface area contributed by atoms with Crippen molar-refractivity contribution in [2.24, 2.45) is 11.7 Å². The smallest absolute Gasteiger partial charge is 0.326 e. The van der Waals surface area contributed by atoms with E-state index in [1.807, 2.05) is 13.8 Å². The molecule has 0 radical (unpaired) electrons. The van der Waals surface area contributed by atoms with Gasteiger partial charge >= 0.3 is 5.97 Å². The third-order valence-corrected chi connectivity index (χ3v) is 5.22. The predicted octanol–water partition coefficient (Wildman–Crippen LogP) is -1.39. The first-order chi connectivity index (χ1) is 14.1. The lowest BCUT2D eigenvalue weighted by Crippen LogP contribution is -2.57. The zero-order chi connectivity index (χ0) is 22.8. The fourth-order valence-corrected chi connectivity index (χ4v) is 3.07. The second kappa shape index (κ2) is 12.1. The van der Waals surface area contributed by atoms with Crippen LogP contribution in [0, 0.1) is 5.92 Å². The van der Waals surface area contributed by atoms with E-state index in [1.54, 1.807) is 0 Å². The van der Waals surface area contributed by atoms with E-state index in [-0.39, 0.29) is 30.7 Å². The van der Waals surface area contributed by atoms with Crippen LogP contribution < -0.4 is 27.0 Å². The molecule has 1 fully saturated rings. The summed E-state index contributed by atoms with van der Waals surface area (Å²) in [4.78, 5) is 59.6. The molecule has 0 aromatic heterocycles. The van der Waals surface area contributed by atoms with E-state index in [1.165, 1.54) is 6.92 Å². The number of carboxylic acid groups (broad SMARTS) is 1. The number of nitrogens with two attached hydrogens (primary N) is 1. The molecule has 5 unspecified atom stereocenters. The average molecular weight is 428 g/mol. The standard InChI is InChI=1S/C19H33N5O6/c1-4-10(2)15(24-17(27)12-6-5-9-21-12)18(28)22-11(3)16(26)23-13(19(29)30)7-8-14(20)25/h10-13,15,21H,4-9H2,1-3H3,(H2,20,25)(H,22,28)(H,23,26)(H,24,27)(H,29,30). The fourth-order valence-electron chi connectivity index (χ4n) is 3.07. The van der Waals surface area contributed by atoms with Gasteiger partial charge in [0.2, 0.25) is 23.6 Å². The number of hydrogen-bond donors (Lipinski definition) is 6. The molecule has 1 saturated heterocycles. The van der Waals surface area contributed by atoms with Crippen LogP contribution in [0.25, 0.3) is 0 Å². The van der Waals surface area contributed by atoms with Crippen molar-refractivity contribution in [2.75, 3.05) is 6.54 Å². The van der Waals surface area contributed by atoms with Crippen LogP contribution in [0.2, 0.25) is 0 Å². The van der Waals surface area contributed by atoms with Crippen molar-refractivity contribution in [3.8, 4) is 0 Å². The van der Waals surface area contributed by atoms with Crippen molar-refractivity contribution < 1.29 is 29.1 Å². The van der Waals surface area contributed by atoms with Crippen LogP contribution in [0.4, 0.5) is 0 Å². The third kappa shape index (κ3) is 7.97. The van der Waals surface area contributed by atoms with E-state index in [0.29, 0.717) is 12.8 Å². The van der Waals surface area contributed by atoms with Gasteiger partial charge in [0.1, 0.15) is 18.1 Å². The number of carbonyl (C=O) groups excluding carboxylic acids is 4. The van der Waals surface area contributed by atoms with Gasteiger partial charge in [-0.1, -0.05) is 20.3 Å². The number of rotatable bonds is 12. The lowest BCUT2D eigenvalue weighted by molar-refractivity contribution is -0.142. The van der Waals surface area contributed by atoms with Crippen molar-refractivity contribution in [1.29, 1.82) is 0 Å². The van der Waals surface area contributed by atoms with E-state index in [4.69, 9.17) is 5.73 Å². The maximum Gasteiger partial charge on any atom is 0.326 e. The number of carboxylic acids is 1. The highest BCUT2D eigenvalue weighted by Gasteiger charge is 2.32. The summed E-state index contributed by atoms with van der Waals surface area (Å²) in [6.07, 6.45) is 1.86. The van der Waals surface area contributed by atoms with E-state index in [0.717, 1.165) is 13.0 Å². The minimum Gasteiger partial charge on any atom is -0.480 e. The molecule has 30 heavy (non-hydrogen) atoms. The van der Waals surface area contributed by atoms with Gasteiger partial charge in [0, 0.05) is 6.42 Å². The SMILES string of the molecule is CCC(C)C(NC(=O)C1CCCN1)C(=O)NC(C)C(=O)NC(CCC(N)=O)C(=O)O. The van der Waals surface area contributed by atoms with Gasteiger partial charge in [0.25, 0.3) is 0 Å². The summed E-state index contributed by atoms with van der Waals surface area (Å²) >= 11 is 0. The Bertz CT molecular complexity index is 649. The largest absolute Gasteiger partial charge is 0.480 e. The molecule has 1 aliphatic rings. The molecule has 5 atom stereocenters. The van der Waals surface area contributed by atoms with Crippen LogP contribution in [-0.4, -0.2) is 65.4 Å². The maximum absolute atomic E-state index is 12.7. The molecule has 11 heteroatoms. The van der Waals surface area contributed by atoms with Crippen molar-refractivity contribution >= 4 is 29.6 Å². The molecule has 0 aromatic rings. The predicted molar refractivity (Wildman–Crippen MR) is 108 cm³/mol. The van der Waals surface area contributed by atoms with Gasteiger partial charge in [0.15, 0.2) is 0 Å². The van der Waals surface area contributed by atoms with Crippen LogP contribution in [0.5, 0.6) is 0 Å². The normalized spacial score (nSPS) is 19.8. The minimum atomic E-state index is -1.31. The first kappa shape index (κ1) is 25.3. The van der Waals surface area contributed by atoms with Crippen LogP contribution in [-0.2, 0) is 24.0 Å². The van der Waals surface area contributed by atoms with Crippen molar-refractivity contribution in [1.82, 2.24) is 21.3 Å². The van der Waals surface area contributed by atoms with Gasteiger partial charge < -0.3 is 32.1 Å². The Balaban J connectivity index is 2.71. The number of nitrogens with one attached hydrogen (secondary N) is 4. The molecule has 170 valence electrons. The lowest BCUT2D eigenvalue weighted by Gasteiger charge is -2.27. The van der Waals surface area contributed by atoms with Gasteiger partial charge in [-0.15, -0.1) is 0 Å². The summed E-state index contributed by atoms with van der Waals surface area (Å²) in [5, 5.41) is 19.8. The molecule has 1 rings (SSSR count). The summed E-state index contributed by atoms with van der Waals surface area (Å²) in [6.45, 7) is 5.86. The highest BCUT2D eigenvalue weighted by Crippen LogP contribution is 2.11. The number of amides is 4. The Morgan fingerprint density at radius 1 is 1.10 bits per heavy atom. The van der Waals surface area contributed by atoms with E-state index < -0.39 is 41.8 Å². The quantitative estimate of drug-likeness (QED) is 0.222. The number of primary amides is 1. The summed E-state index contributed by atoms with van der Waals surface area (Å²) < 4.78 is 0.